The normalized spacial score (nSPS) is 13.4. The molecule has 0 aliphatic heterocycles. The molecule has 0 saturated heterocycles. The summed E-state index contributed by atoms with van der Waals surface area (Å²) in [5.41, 5.74) is 2.80. The Kier molecular flexibility index (Phi) is 3.90. The summed E-state index contributed by atoms with van der Waals surface area (Å²) < 4.78 is 12.9. The Balaban J connectivity index is 2.47. The van der Waals surface area contributed by atoms with Crippen LogP contribution in [-0.4, -0.2) is 11.2 Å². The number of aliphatic hydroxyl groups is 1. The van der Waals surface area contributed by atoms with E-state index in [1.54, 1.807) is 25.1 Å². The molecule has 0 saturated carbocycles. The minimum absolute atomic E-state index is 0.261. The molecule has 2 aromatic rings. The van der Waals surface area contributed by atoms with Crippen LogP contribution in [0.3, 0.4) is 0 Å². The molecular weight excluding hydrogens is 227 g/mol. The lowest BCUT2D eigenvalue weighted by Crippen LogP contribution is -1.97. The van der Waals surface area contributed by atoms with E-state index in [2.05, 4.69) is 0 Å². The Hall–Kier alpha value is -1.93. The summed E-state index contributed by atoms with van der Waals surface area (Å²) in [6.45, 7) is 1.70. The lowest BCUT2D eigenvalue weighted by molar-refractivity contribution is 0.244. The van der Waals surface area contributed by atoms with Crippen LogP contribution in [-0.2, 0) is 0 Å². The number of rotatable bonds is 3. The maximum absolute atomic E-state index is 12.9. The molecule has 0 radical (unpaired) electrons. The average molecular weight is 242 g/mol. The van der Waals surface area contributed by atoms with E-state index in [0.717, 1.165) is 16.7 Å². The Bertz CT molecular complexity index is 527. The van der Waals surface area contributed by atoms with E-state index in [4.69, 9.17) is 0 Å². The lowest BCUT2D eigenvalue weighted by Gasteiger charge is -2.10. The van der Waals surface area contributed by atoms with Gasteiger partial charge in [0.1, 0.15) is 5.82 Å². The van der Waals surface area contributed by atoms with Crippen LogP contribution in [0.15, 0.2) is 60.7 Å². The molecule has 2 heteroatoms. The van der Waals surface area contributed by atoms with Crippen molar-refractivity contribution in [1.82, 2.24) is 0 Å². The summed E-state index contributed by atoms with van der Waals surface area (Å²) in [5.74, 6) is -0.261. The van der Waals surface area contributed by atoms with Crippen LogP contribution in [0.4, 0.5) is 4.39 Å². The predicted molar refractivity (Wildman–Crippen MR) is 71.6 cm³/mol. The van der Waals surface area contributed by atoms with Gasteiger partial charge in [0, 0.05) is 0 Å². The van der Waals surface area contributed by atoms with Gasteiger partial charge in [-0.1, -0.05) is 42.5 Å². The number of benzene rings is 2. The fraction of sp³-hybridized carbons (Fsp3) is 0.125. The summed E-state index contributed by atoms with van der Waals surface area (Å²) >= 11 is 0. The highest BCUT2D eigenvalue weighted by Gasteiger charge is 2.06. The van der Waals surface area contributed by atoms with Crippen LogP contribution < -0.4 is 0 Å². The fourth-order valence-corrected chi connectivity index (χ4v) is 1.85. The average Bonchev–Trinajstić information content (AvgIpc) is 2.38. The van der Waals surface area contributed by atoms with Crippen molar-refractivity contribution in [3.63, 3.8) is 0 Å². The molecule has 0 spiro atoms. The summed E-state index contributed by atoms with van der Waals surface area (Å²) in [6.07, 6.45) is 1.22. The molecule has 2 rings (SSSR count). The van der Waals surface area contributed by atoms with Gasteiger partial charge in [0.2, 0.25) is 0 Å². The molecule has 0 aliphatic carbocycles. The summed E-state index contributed by atoms with van der Waals surface area (Å²) in [5, 5.41) is 9.55. The first-order valence-corrected chi connectivity index (χ1v) is 5.88. The summed E-state index contributed by atoms with van der Waals surface area (Å²) in [4.78, 5) is 0. The molecule has 0 aliphatic rings. The van der Waals surface area contributed by atoms with Crippen molar-refractivity contribution in [1.29, 1.82) is 0 Å². The first kappa shape index (κ1) is 12.5. The van der Waals surface area contributed by atoms with E-state index in [0.29, 0.717) is 0 Å². The topological polar surface area (TPSA) is 20.2 Å². The fourth-order valence-electron chi connectivity index (χ4n) is 1.85. The molecule has 1 nitrogen and oxygen atoms in total. The largest absolute Gasteiger partial charge is 0.389 e. The highest BCUT2D eigenvalue weighted by molar-refractivity contribution is 5.79. The number of hydrogen-bond donors (Lipinski definition) is 1. The van der Waals surface area contributed by atoms with Crippen LogP contribution in [0.2, 0.25) is 0 Å². The van der Waals surface area contributed by atoms with Gasteiger partial charge < -0.3 is 5.11 Å². The van der Waals surface area contributed by atoms with E-state index in [9.17, 15) is 9.50 Å². The van der Waals surface area contributed by atoms with Gasteiger partial charge >= 0.3 is 0 Å². The molecule has 0 unspecified atom stereocenters. The van der Waals surface area contributed by atoms with Crippen LogP contribution in [0.1, 0.15) is 18.1 Å². The van der Waals surface area contributed by atoms with Crippen LogP contribution >= 0.6 is 0 Å². The molecular formula is C16H15FO. The summed E-state index contributed by atoms with van der Waals surface area (Å²) in [7, 11) is 0. The van der Waals surface area contributed by atoms with Crippen molar-refractivity contribution in [2.75, 3.05) is 0 Å². The van der Waals surface area contributed by atoms with Gasteiger partial charge in [0.25, 0.3) is 0 Å². The first-order valence-electron chi connectivity index (χ1n) is 5.88. The molecule has 0 bridgehead atoms. The molecule has 0 fully saturated rings. The lowest BCUT2D eigenvalue weighted by atomic mass is 9.96. The van der Waals surface area contributed by atoms with Crippen molar-refractivity contribution in [2.24, 2.45) is 0 Å². The Morgan fingerprint density at radius 1 is 1.00 bits per heavy atom. The monoisotopic (exact) mass is 242 g/mol. The molecule has 1 N–H and O–H groups in total. The third kappa shape index (κ3) is 3.05. The molecule has 92 valence electrons. The minimum Gasteiger partial charge on any atom is -0.389 e. The van der Waals surface area contributed by atoms with Crippen LogP contribution in [0.5, 0.6) is 0 Å². The third-order valence-corrected chi connectivity index (χ3v) is 2.65. The molecule has 18 heavy (non-hydrogen) atoms. The van der Waals surface area contributed by atoms with Gasteiger partial charge in [-0.3, -0.25) is 0 Å². The molecule has 0 amide bonds. The zero-order valence-corrected chi connectivity index (χ0v) is 10.2. The maximum atomic E-state index is 12.9. The van der Waals surface area contributed by atoms with Crippen molar-refractivity contribution in [2.45, 2.75) is 13.0 Å². The number of aliphatic hydroxyl groups excluding tert-OH is 1. The van der Waals surface area contributed by atoms with Crippen molar-refractivity contribution in [3.8, 4) is 0 Å². The Morgan fingerprint density at radius 2 is 1.56 bits per heavy atom. The summed E-state index contributed by atoms with van der Waals surface area (Å²) in [6, 6.07) is 16.0. The third-order valence-electron chi connectivity index (χ3n) is 2.65. The minimum atomic E-state index is -0.551. The highest BCUT2D eigenvalue weighted by Crippen LogP contribution is 2.24. The first-order chi connectivity index (χ1) is 8.66. The highest BCUT2D eigenvalue weighted by atomic mass is 19.1. The second kappa shape index (κ2) is 5.61. The zero-order valence-electron chi connectivity index (χ0n) is 10.2. The van der Waals surface area contributed by atoms with Crippen molar-refractivity contribution < 1.29 is 9.50 Å². The van der Waals surface area contributed by atoms with Gasteiger partial charge in [-0.2, -0.15) is 0 Å². The van der Waals surface area contributed by atoms with E-state index in [1.165, 1.54) is 12.1 Å². The van der Waals surface area contributed by atoms with Crippen molar-refractivity contribution in [3.05, 3.63) is 77.6 Å². The second-order valence-electron chi connectivity index (χ2n) is 4.19. The zero-order chi connectivity index (χ0) is 13.0. The molecule has 2 aromatic carbocycles. The predicted octanol–water partition coefficient (Wildman–Crippen LogP) is 3.64. The van der Waals surface area contributed by atoms with Gasteiger partial charge in [-0.25, -0.2) is 4.39 Å². The van der Waals surface area contributed by atoms with E-state index < -0.39 is 6.10 Å². The van der Waals surface area contributed by atoms with Gasteiger partial charge in [0.05, 0.1) is 6.10 Å². The van der Waals surface area contributed by atoms with Crippen molar-refractivity contribution >= 4 is 5.57 Å². The van der Waals surface area contributed by atoms with E-state index in [-0.39, 0.29) is 5.82 Å². The molecule has 1 atom stereocenters. The number of halogens is 1. The van der Waals surface area contributed by atoms with Gasteiger partial charge in [-0.15, -0.1) is 0 Å². The number of hydrogen-bond acceptors (Lipinski definition) is 1. The maximum Gasteiger partial charge on any atom is 0.123 e. The Morgan fingerprint density at radius 3 is 2.11 bits per heavy atom. The van der Waals surface area contributed by atoms with Crippen LogP contribution in [0.25, 0.3) is 5.57 Å². The molecule has 0 aromatic heterocycles. The van der Waals surface area contributed by atoms with E-state index in [1.807, 2.05) is 30.3 Å². The van der Waals surface area contributed by atoms with E-state index >= 15 is 0 Å². The van der Waals surface area contributed by atoms with Gasteiger partial charge in [0.15, 0.2) is 0 Å². The second-order valence-corrected chi connectivity index (χ2v) is 4.19. The quantitative estimate of drug-likeness (QED) is 0.871. The smallest absolute Gasteiger partial charge is 0.123 e. The Labute approximate surface area is 106 Å². The molecule has 0 heterocycles. The standard InChI is InChI=1S/C16H15FO/c1-12(18)11-16(13-5-3-2-4-6-13)14-7-9-15(17)10-8-14/h2-12,18H,1H3/b16-11+/t12-/m0/s1. The van der Waals surface area contributed by atoms with Gasteiger partial charge in [-0.05, 0) is 41.8 Å². The SMILES string of the molecule is C[C@H](O)/C=C(\c1ccccc1)c1ccc(F)cc1. The van der Waals surface area contributed by atoms with Crippen LogP contribution in [0, 0.1) is 5.82 Å².